The third-order valence-electron chi connectivity index (χ3n) is 2.43. The zero-order chi connectivity index (χ0) is 10.8. The molecule has 5 nitrogen and oxygen atoms in total. The summed E-state index contributed by atoms with van der Waals surface area (Å²) in [5, 5.41) is 10.4. The first kappa shape index (κ1) is 10.4. The Morgan fingerprint density at radius 2 is 2.47 bits per heavy atom. The summed E-state index contributed by atoms with van der Waals surface area (Å²) in [7, 11) is 0. The van der Waals surface area contributed by atoms with Gasteiger partial charge in [-0.25, -0.2) is 4.79 Å². The van der Waals surface area contributed by atoms with E-state index in [4.69, 9.17) is 9.84 Å². The van der Waals surface area contributed by atoms with Crippen molar-refractivity contribution in [1.82, 2.24) is 4.57 Å². The average Bonchev–Trinajstić information content (AvgIpc) is 2.77. The number of nitrogens with zero attached hydrogens (tertiary/aromatic N) is 1. The van der Waals surface area contributed by atoms with Crippen molar-refractivity contribution in [2.75, 3.05) is 0 Å². The highest BCUT2D eigenvalue weighted by molar-refractivity contribution is 7.07. The number of carboxylic acid groups (broad SMARTS) is 1. The van der Waals surface area contributed by atoms with E-state index < -0.39 is 12.1 Å². The summed E-state index contributed by atoms with van der Waals surface area (Å²) in [5.74, 6) is -0.921. The Hall–Kier alpha value is -1.14. The van der Waals surface area contributed by atoms with Gasteiger partial charge in [0, 0.05) is 11.6 Å². The maximum atomic E-state index is 11.2. The van der Waals surface area contributed by atoms with Gasteiger partial charge in [0.25, 0.3) is 0 Å². The molecule has 0 spiro atoms. The molecule has 0 saturated carbocycles. The number of hydrogen-bond donors (Lipinski definition) is 1. The van der Waals surface area contributed by atoms with Crippen molar-refractivity contribution >= 4 is 17.3 Å². The van der Waals surface area contributed by atoms with Crippen molar-refractivity contribution < 1.29 is 14.6 Å². The highest BCUT2D eigenvalue weighted by Crippen LogP contribution is 2.20. The van der Waals surface area contributed by atoms with Crippen LogP contribution in [0.1, 0.15) is 12.8 Å². The molecule has 1 fully saturated rings. The molecular weight excluding hydrogens is 218 g/mol. The molecule has 0 radical (unpaired) electrons. The third-order valence-corrected chi connectivity index (χ3v) is 3.12. The van der Waals surface area contributed by atoms with Crippen LogP contribution >= 0.6 is 11.3 Å². The molecule has 2 rings (SSSR count). The van der Waals surface area contributed by atoms with E-state index in [1.165, 1.54) is 0 Å². The summed E-state index contributed by atoms with van der Waals surface area (Å²) >= 11 is 1.13. The number of hydrogen-bond acceptors (Lipinski definition) is 4. The minimum absolute atomic E-state index is 0.0302. The second kappa shape index (κ2) is 4.16. The number of rotatable bonds is 3. The van der Waals surface area contributed by atoms with E-state index in [2.05, 4.69) is 0 Å². The van der Waals surface area contributed by atoms with Crippen LogP contribution in [0.3, 0.4) is 0 Å². The van der Waals surface area contributed by atoms with Crippen LogP contribution in [0.5, 0.6) is 0 Å². The minimum atomic E-state index is -0.921. The van der Waals surface area contributed by atoms with Crippen LogP contribution in [0.2, 0.25) is 0 Å². The van der Waals surface area contributed by atoms with Gasteiger partial charge in [-0.05, 0) is 12.8 Å². The van der Waals surface area contributed by atoms with Crippen LogP contribution in [0.4, 0.5) is 0 Å². The van der Waals surface area contributed by atoms with Crippen molar-refractivity contribution in [2.24, 2.45) is 0 Å². The van der Waals surface area contributed by atoms with E-state index in [0.717, 1.165) is 11.3 Å². The van der Waals surface area contributed by atoms with Crippen molar-refractivity contribution in [2.45, 2.75) is 31.6 Å². The molecule has 82 valence electrons. The van der Waals surface area contributed by atoms with E-state index in [9.17, 15) is 9.59 Å². The number of carbonyl (C=O) groups is 1. The SMILES string of the molecule is O=C(O)C1CCC(Cn2ccsc2=O)O1. The Balaban J connectivity index is 1.96. The van der Waals surface area contributed by atoms with Crippen LogP contribution in [0, 0.1) is 0 Å². The Kier molecular flexibility index (Phi) is 2.88. The quantitative estimate of drug-likeness (QED) is 0.821. The van der Waals surface area contributed by atoms with E-state index in [1.54, 1.807) is 16.1 Å². The normalized spacial score (nSPS) is 25.6. The van der Waals surface area contributed by atoms with E-state index >= 15 is 0 Å². The largest absolute Gasteiger partial charge is 0.479 e. The molecule has 0 amide bonds. The number of ether oxygens (including phenoxy) is 1. The van der Waals surface area contributed by atoms with Crippen LogP contribution in [-0.4, -0.2) is 27.9 Å². The molecular formula is C9H11NO4S. The molecule has 15 heavy (non-hydrogen) atoms. The molecule has 2 unspecified atom stereocenters. The third kappa shape index (κ3) is 2.27. The van der Waals surface area contributed by atoms with Gasteiger partial charge in [0.2, 0.25) is 0 Å². The van der Waals surface area contributed by atoms with Gasteiger partial charge in [-0.2, -0.15) is 0 Å². The predicted molar refractivity (Wildman–Crippen MR) is 54.1 cm³/mol. The molecule has 6 heteroatoms. The molecule has 1 aliphatic heterocycles. The highest BCUT2D eigenvalue weighted by Gasteiger charge is 2.30. The molecule has 0 aliphatic carbocycles. The Morgan fingerprint density at radius 3 is 3.00 bits per heavy atom. The Bertz CT molecular complexity index is 410. The van der Waals surface area contributed by atoms with Gasteiger partial charge in [-0.3, -0.25) is 4.79 Å². The number of aliphatic carboxylic acids is 1. The highest BCUT2D eigenvalue weighted by atomic mass is 32.1. The first-order valence-electron chi connectivity index (χ1n) is 4.69. The van der Waals surface area contributed by atoms with Gasteiger partial charge in [0.05, 0.1) is 12.6 Å². The molecule has 1 aromatic heterocycles. The first-order valence-corrected chi connectivity index (χ1v) is 5.57. The summed E-state index contributed by atoms with van der Waals surface area (Å²) in [6.07, 6.45) is 2.06. The maximum Gasteiger partial charge on any atom is 0.332 e. The second-order valence-corrected chi connectivity index (χ2v) is 4.34. The van der Waals surface area contributed by atoms with Crippen LogP contribution < -0.4 is 4.87 Å². The van der Waals surface area contributed by atoms with E-state index in [-0.39, 0.29) is 11.0 Å². The monoisotopic (exact) mass is 229 g/mol. The lowest BCUT2D eigenvalue weighted by atomic mass is 10.2. The standard InChI is InChI=1S/C9H11NO4S/c11-8(12)7-2-1-6(14-7)5-10-3-4-15-9(10)13/h3-4,6-7H,1-2,5H2,(H,11,12). The number of thiazole rings is 1. The van der Waals surface area contributed by atoms with Crippen LogP contribution in [0.15, 0.2) is 16.4 Å². The molecule has 0 aromatic carbocycles. The fourth-order valence-corrected chi connectivity index (χ4v) is 2.26. The molecule has 1 N–H and O–H groups in total. The van der Waals surface area contributed by atoms with Gasteiger partial charge >= 0.3 is 10.8 Å². The van der Waals surface area contributed by atoms with Crippen molar-refractivity contribution in [1.29, 1.82) is 0 Å². The summed E-state index contributed by atoms with van der Waals surface area (Å²) in [6.45, 7) is 0.451. The van der Waals surface area contributed by atoms with Gasteiger partial charge in [0.15, 0.2) is 6.10 Å². The summed E-state index contributed by atoms with van der Waals surface area (Å²) < 4.78 is 6.85. The number of aromatic nitrogens is 1. The van der Waals surface area contributed by atoms with Crippen molar-refractivity contribution in [3.63, 3.8) is 0 Å². The smallest absolute Gasteiger partial charge is 0.332 e. The molecule has 2 atom stereocenters. The summed E-state index contributed by atoms with van der Waals surface area (Å²) in [4.78, 5) is 21.8. The fourth-order valence-electron chi connectivity index (χ4n) is 1.67. The van der Waals surface area contributed by atoms with Crippen LogP contribution in [0.25, 0.3) is 0 Å². The minimum Gasteiger partial charge on any atom is -0.479 e. The fraction of sp³-hybridized carbons (Fsp3) is 0.556. The lowest BCUT2D eigenvalue weighted by molar-refractivity contribution is -0.149. The molecule has 1 aliphatic rings. The van der Waals surface area contributed by atoms with E-state index in [0.29, 0.717) is 19.4 Å². The van der Waals surface area contributed by atoms with Gasteiger partial charge in [-0.1, -0.05) is 11.3 Å². The van der Waals surface area contributed by atoms with Crippen molar-refractivity contribution in [3.05, 3.63) is 21.2 Å². The topological polar surface area (TPSA) is 68.5 Å². The summed E-state index contributed by atoms with van der Waals surface area (Å²) in [6, 6.07) is 0. The summed E-state index contributed by atoms with van der Waals surface area (Å²) in [5.41, 5.74) is 0. The zero-order valence-corrected chi connectivity index (χ0v) is 8.77. The van der Waals surface area contributed by atoms with Crippen LogP contribution in [-0.2, 0) is 16.1 Å². The van der Waals surface area contributed by atoms with Gasteiger partial charge in [-0.15, -0.1) is 0 Å². The predicted octanol–water partition coefficient (Wildman–Crippen LogP) is 0.542. The molecule has 1 aromatic rings. The molecule has 1 saturated heterocycles. The Labute approximate surface area is 89.9 Å². The first-order chi connectivity index (χ1) is 7.16. The zero-order valence-electron chi connectivity index (χ0n) is 7.96. The lowest BCUT2D eigenvalue weighted by Crippen LogP contribution is -2.25. The lowest BCUT2D eigenvalue weighted by Gasteiger charge is -2.10. The van der Waals surface area contributed by atoms with Gasteiger partial charge < -0.3 is 14.4 Å². The molecule has 2 heterocycles. The van der Waals surface area contributed by atoms with Crippen molar-refractivity contribution in [3.8, 4) is 0 Å². The number of carboxylic acids is 1. The van der Waals surface area contributed by atoms with Gasteiger partial charge in [0.1, 0.15) is 0 Å². The second-order valence-electron chi connectivity index (χ2n) is 3.48. The molecule has 0 bridgehead atoms. The Morgan fingerprint density at radius 1 is 1.67 bits per heavy atom. The maximum absolute atomic E-state index is 11.2. The van der Waals surface area contributed by atoms with E-state index in [1.807, 2.05) is 0 Å². The average molecular weight is 229 g/mol.